The number of nitrogens with zero attached hydrogens (tertiary/aromatic N) is 1. The van der Waals surface area contributed by atoms with Gasteiger partial charge in [0.25, 0.3) is 0 Å². The molecule has 0 spiro atoms. The molecule has 2 heteroatoms. The van der Waals surface area contributed by atoms with E-state index in [1.165, 1.54) is 30.5 Å². The molecule has 0 amide bonds. The lowest BCUT2D eigenvalue weighted by molar-refractivity contribution is 0.467. The second-order valence-electron chi connectivity index (χ2n) is 5.00. The van der Waals surface area contributed by atoms with Gasteiger partial charge in [-0.2, -0.15) is 0 Å². The van der Waals surface area contributed by atoms with Crippen molar-refractivity contribution in [3.63, 3.8) is 0 Å². The van der Waals surface area contributed by atoms with Crippen LogP contribution in [0.2, 0.25) is 5.02 Å². The second-order valence-corrected chi connectivity index (χ2v) is 5.44. The van der Waals surface area contributed by atoms with Crippen molar-refractivity contribution in [2.45, 2.75) is 37.5 Å². The van der Waals surface area contributed by atoms with Crippen molar-refractivity contribution in [1.29, 1.82) is 0 Å². The zero-order valence-corrected chi connectivity index (χ0v) is 10.6. The van der Waals surface area contributed by atoms with Crippen LogP contribution in [0, 0.1) is 0 Å². The molecule has 0 N–H and O–H groups in total. The highest BCUT2D eigenvalue weighted by Gasteiger charge is 2.43. The van der Waals surface area contributed by atoms with E-state index < -0.39 is 0 Å². The Morgan fingerprint density at radius 2 is 2.29 bits per heavy atom. The standard InChI is InChI=1S/C15H16ClN/c1-2-8-15-9-4-3-5-14(15)17-13-7-6-11(16)10-12(13)15/h2,6-7,10H,1,3-5,8-9H2. The summed E-state index contributed by atoms with van der Waals surface area (Å²) in [7, 11) is 0. The third-order valence-corrected chi connectivity index (χ3v) is 4.28. The SMILES string of the molecule is C=CCC12CCCCC1=Nc1ccc(Cl)cc12. The molecule has 0 saturated heterocycles. The predicted octanol–water partition coefficient (Wildman–Crippen LogP) is 4.81. The molecule has 0 aromatic heterocycles. The van der Waals surface area contributed by atoms with Gasteiger partial charge in [0.2, 0.25) is 0 Å². The Hall–Kier alpha value is -1.08. The average molecular weight is 246 g/mol. The van der Waals surface area contributed by atoms with Crippen LogP contribution in [-0.4, -0.2) is 5.71 Å². The lowest BCUT2D eigenvalue weighted by Crippen LogP contribution is -2.35. The van der Waals surface area contributed by atoms with Crippen LogP contribution in [0.5, 0.6) is 0 Å². The number of allylic oxidation sites excluding steroid dienone is 1. The number of aliphatic imine (C=N–C) groups is 1. The van der Waals surface area contributed by atoms with Gasteiger partial charge in [-0.1, -0.05) is 24.1 Å². The summed E-state index contributed by atoms with van der Waals surface area (Å²) in [6.45, 7) is 3.92. The molecule has 1 atom stereocenters. The number of hydrogen-bond acceptors (Lipinski definition) is 1. The minimum atomic E-state index is 0.111. The zero-order valence-electron chi connectivity index (χ0n) is 9.88. The summed E-state index contributed by atoms with van der Waals surface area (Å²) in [4.78, 5) is 4.82. The molecular formula is C15H16ClN. The Kier molecular flexibility index (Phi) is 2.59. The Morgan fingerprint density at radius 3 is 3.12 bits per heavy atom. The first-order chi connectivity index (χ1) is 8.26. The molecule has 1 aliphatic carbocycles. The quantitative estimate of drug-likeness (QED) is 0.663. The first-order valence-electron chi connectivity index (χ1n) is 6.25. The Balaban J connectivity index is 2.17. The third kappa shape index (κ3) is 1.56. The first kappa shape index (κ1) is 11.0. The van der Waals surface area contributed by atoms with Crippen LogP contribution < -0.4 is 0 Å². The predicted molar refractivity (Wildman–Crippen MR) is 73.5 cm³/mol. The third-order valence-electron chi connectivity index (χ3n) is 4.04. The monoisotopic (exact) mass is 245 g/mol. The zero-order chi connectivity index (χ0) is 11.9. The van der Waals surface area contributed by atoms with Crippen molar-refractivity contribution in [1.82, 2.24) is 0 Å². The first-order valence-corrected chi connectivity index (χ1v) is 6.63. The molecule has 1 saturated carbocycles. The van der Waals surface area contributed by atoms with Gasteiger partial charge in [0.05, 0.1) is 5.69 Å². The Labute approximate surface area is 107 Å². The van der Waals surface area contributed by atoms with Crippen LogP contribution in [0.15, 0.2) is 35.8 Å². The lowest BCUT2D eigenvalue weighted by atomic mass is 9.67. The van der Waals surface area contributed by atoms with Gasteiger partial charge in [-0.15, -0.1) is 6.58 Å². The number of hydrogen-bond donors (Lipinski definition) is 0. The van der Waals surface area contributed by atoms with Gasteiger partial charge in [0, 0.05) is 16.1 Å². The van der Waals surface area contributed by atoms with Crippen molar-refractivity contribution >= 4 is 23.0 Å². The van der Waals surface area contributed by atoms with Gasteiger partial charge < -0.3 is 0 Å². The van der Waals surface area contributed by atoms with E-state index in [0.717, 1.165) is 23.6 Å². The van der Waals surface area contributed by atoms with E-state index in [1.54, 1.807) is 0 Å². The summed E-state index contributed by atoms with van der Waals surface area (Å²) in [5.41, 5.74) is 3.90. The van der Waals surface area contributed by atoms with Crippen molar-refractivity contribution < 1.29 is 0 Å². The van der Waals surface area contributed by atoms with E-state index in [-0.39, 0.29) is 5.41 Å². The highest BCUT2D eigenvalue weighted by Crippen LogP contribution is 2.50. The van der Waals surface area contributed by atoms with Crippen LogP contribution in [-0.2, 0) is 5.41 Å². The molecule has 1 nitrogen and oxygen atoms in total. The smallest absolute Gasteiger partial charge is 0.0672 e. The van der Waals surface area contributed by atoms with Crippen molar-refractivity contribution in [3.05, 3.63) is 41.4 Å². The van der Waals surface area contributed by atoms with Crippen LogP contribution in [0.4, 0.5) is 5.69 Å². The fraction of sp³-hybridized carbons (Fsp3) is 0.400. The van der Waals surface area contributed by atoms with E-state index >= 15 is 0 Å². The fourth-order valence-corrected chi connectivity index (χ4v) is 3.44. The summed E-state index contributed by atoms with van der Waals surface area (Å²) < 4.78 is 0. The van der Waals surface area contributed by atoms with Crippen LogP contribution in [0.1, 0.15) is 37.7 Å². The molecule has 0 bridgehead atoms. The molecule has 3 rings (SSSR count). The molecule has 2 aliphatic rings. The summed E-state index contributed by atoms with van der Waals surface area (Å²) >= 11 is 6.14. The van der Waals surface area contributed by atoms with Crippen molar-refractivity contribution in [2.24, 2.45) is 4.99 Å². The van der Waals surface area contributed by atoms with E-state index in [2.05, 4.69) is 12.6 Å². The molecule has 1 aliphatic heterocycles. The van der Waals surface area contributed by atoms with Gasteiger partial charge in [-0.25, -0.2) is 0 Å². The second kappa shape index (κ2) is 3.99. The highest BCUT2D eigenvalue weighted by atomic mass is 35.5. The fourth-order valence-electron chi connectivity index (χ4n) is 3.27. The minimum Gasteiger partial charge on any atom is -0.257 e. The summed E-state index contributed by atoms with van der Waals surface area (Å²) in [6, 6.07) is 6.08. The van der Waals surface area contributed by atoms with Gasteiger partial charge in [0.15, 0.2) is 0 Å². The molecule has 0 radical (unpaired) electrons. The summed E-state index contributed by atoms with van der Waals surface area (Å²) in [5, 5.41) is 0.814. The molecule has 1 heterocycles. The number of rotatable bonds is 2. The highest BCUT2D eigenvalue weighted by molar-refractivity contribution is 6.30. The van der Waals surface area contributed by atoms with Gasteiger partial charge in [0.1, 0.15) is 0 Å². The Morgan fingerprint density at radius 1 is 1.41 bits per heavy atom. The van der Waals surface area contributed by atoms with Gasteiger partial charge in [-0.3, -0.25) is 4.99 Å². The largest absolute Gasteiger partial charge is 0.257 e. The van der Waals surface area contributed by atoms with Crippen LogP contribution in [0.3, 0.4) is 0 Å². The van der Waals surface area contributed by atoms with E-state index in [1.807, 2.05) is 18.2 Å². The summed E-state index contributed by atoms with van der Waals surface area (Å²) in [5.74, 6) is 0. The van der Waals surface area contributed by atoms with E-state index in [0.29, 0.717) is 0 Å². The molecule has 1 aromatic rings. The normalized spacial score (nSPS) is 26.1. The maximum absolute atomic E-state index is 6.14. The Bertz CT molecular complexity index is 504. The molecule has 88 valence electrons. The average Bonchev–Trinajstić information content (AvgIpc) is 2.64. The molecule has 1 unspecified atom stereocenters. The molecular weight excluding hydrogens is 230 g/mol. The molecule has 1 fully saturated rings. The van der Waals surface area contributed by atoms with E-state index in [9.17, 15) is 0 Å². The lowest BCUT2D eigenvalue weighted by Gasteiger charge is -2.35. The minimum absolute atomic E-state index is 0.111. The maximum Gasteiger partial charge on any atom is 0.0672 e. The van der Waals surface area contributed by atoms with Crippen LogP contribution >= 0.6 is 11.6 Å². The van der Waals surface area contributed by atoms with E-state index in [4.69, 9.17) is 16.6 Å². The molecule has 1 aromatic carbocycles. The van der Waals surface area contributed by atoms with Gasteiger partial charge >= 0.3 is 0 Å². The maximum atomic E-state index is 6.14. The van der Waals surface area contributed by atoms with Crippen molar-refractivity contribution in [3.8, 4) is 0 Å². The molecule has 17 heavy (non-hydrogen) atoms. The van der Waals surface area contributed by atoms with Crippen molar-refractivity contribution in [2.75, 3.05) is 0 Å². The van der Waals surface area contributed by atoms with Crippen LogP contribution in [0.25, 0.3) is 0 Å². The number of halogens is 1. The van der Waals surface area contributed by atoms with Gasteiger partial charge in [-0.05, 0) is 49.4 Å². The number of fused-ring (bicyclic) bond motifs is 3. The number of benzene rings is 1. The topological polar surface area (TPSA) is 12.4 Å². The summed E-state index contributed by atoms with van der Waals surface area (Å²) in [6.07, 6.45) is 7.86.